The molecule has 1 aromatic carbocycles. The van der Waals surface area contributed by atoms with Gasteiger partial charge in [-0.05, 0) is 31.2 Å². The second-order valence-electron chi connectivity index (χ2n) is 6.65. The maximum atomic E-state index is 5.91. The predicted octanol–water partition coefficient (Wildman–Crippen LogP) is 2.21. The molecule has 2 heterocycles. The molecule has 1 unspecified atom stereocenters. The highest BCUT2D eigenvalue weighted by Crippen LogP contribution is 2.23. The highest BCUT2D eigenvalue weighted by atomic mass is 16.5. The van der Waals surface area contributed by atoms with Gasteiger partial charge in [0.15, 0.2) is 5.96 Å². The van der Waals surface area contributed by atoms with Crippen LogP contribution in [0.25, 0.3) is 0 Å². The predicted molar refractivity (Wildman–Crippen MR) is 110 cm³/mol. The molecule has 1 aliphatic heterocycles. The standard InChI is InChI=1S/C21H30N4O3/c1-17-8-9-20(28-17)19(25-11-14-26-15-12-25)16-24-21(22-2)23-10-13-27-18-6-4-3-5-7-18/h3-9,19H,10-16H2,1-2H3,(H2,22,23,24). The van der Waals surface area contributed by atoms with Gasteiger partial charge in [-0.1, -0.05) is 18.2 Å². The van der Waals surface area contributed by atoms with E-state index in [4.69, 9.17) is 13.9 Å². The van der Waals surface area contributed by atoms with Crippen molar-refractivity contribution in [2.24, 2.45) is 4.99 Å². The molecule has 1 aromatic heterocycles. The van der Waals surface area contributed by atoms with E-state index in [1.165, 1.54) is 0 Å². The van der Waals surface area contributed by atoms with Crippen LogP contribution in [0.2, 0.25) is 0 Å². The van der Waals surface area contributed by atoms with Gasteiger partial charge in [0.1, 0.15) is 23.9 Å². The molecule has 7 heteroatoms. The van der Waals surface area contributed by atoms with Gasteiger partial charge in [0.25, 0.3) is 0 Å². The number of aliphatic imine (C=N–C) groups is 1. The van der Waals surface area contributed by atoms with Crippen LogP contribution in [0.1, 0.15) is 17.6 Å². The van der Waals surface area contributed by atoms with E-state index in [9.17, 15) is 0 Å². The van der Waals surface area contributed by atoms with Crippen LogP contribution in [0.4, 0.5) is 0 Å². The van der Waals surface area contributed by atoms with E-state index in [0.29, 0.717) is 19.7 Å². The van der Waals surface area contributed by atoms with Crippen LogP contribution in [0.15, 0.2) is 51.9 Å². The molecular formula is C21H30N4O3. The summed E-state index contributed by atoms with van der Waals surface area (Å²) in [7, 11) is 1.77. The van der Waals surface area contributed by atoms with Gasteiger partial charge in [-0.2, -0.15) is 0 Å². The number of aryl methyl sites for hydroxylation is 1. The summed E-state index contributed by atoms with van der Waals surface area (Å²) in [5.74, 6) is 3.51. The fraction of sp³-hybridized carbons (Fsp3) is 0.476. The lowest BCUT2D eigenvalue weighted by molar-refractivity contribution is 0.0124. The van der Waals surface area contributed by atoms with Crippen LogP contribution < -0.4 is 15.4 Å². The molecule has 1 fully saturated rings. The van der Waals surface area contributed by atoms with E-state index < -0.39 is 0 Å². The number of rotatable bonds is 8. The first-order chi connectivity index (χ1) is 13.8. The molecule has 28 heavy (non-hydrogen) atoms. The number of nitrogens with one attached hydrogen (secondary N) is 2. The molecule has 3 rings (SSSR count). The fourth-order valence-electron chi connectivity index (χ4n) is 3.20. The van der Waals surface area contributed by atoms with Crippen molar-refractivity contribution in [3.63, 3.8) is 0 Å². The Morgan fingerprint density at radius 1 is 1.14 bits per heavy atom. The first-order valence-electron chi connectivity index (χ1n) is 9.77. The summed E-state index contributed by atoms with van der Waals surface area (Å²) in [6, 6.07) is 14.0. The summed E-state index contributed by atoms with van der Waals surface area (Å²) in [4.78, 5) is 6.70. The van der Waals surface area contributed by atoms with Crippen molar-refractivity contribution in [1.82, 2.24) is 15.5 Å². The van der Waals surface area contributed by atoms with E-state index in [-0.39, 0.29) is 6.04 Å². The number of hydrogen-bond donors (Lipinski definition) is 2. The second-order valence-corrected chi connectivity index (χ2v) is 6.65. The summed E-state index contributed by atoms with van der Waals surface area (Å²) in [5.41, 5.74) is 0. The number of hydrogen-bond acceptors (Lipinski definition) is 5. The third-order valence-corrected chi connectivity index (χ3v) is 4.67. The Morgan fingerprint density at radius 2 is 1.93 bits per heavy atom. The highest BCUT2D eigenvalue weighted by molar-refractivity contribution is 5.79. The molecule has 152 valence electrons. The number of nitrogens with zero attached hydrogens (tertiary/aromatic N) is 2. The Labute approximate surface area is 166 Å². The zero-order chi connectivity index (χ0) is 19.6. The van der Waals surface area contributed by atoms with Crippen molar-refractivity contribution in [2.45, 2.75) is 13.0 Å². The Balaban J connectivity index is 1.49. The minimum atomic E-state index is 0.136. The number of para-hydroxylation sites is 1. The normalized spacial score (nSPS) is 16.6. The van der Waals surface area contributed by atoms with Crippen molar-refractivity contribution in [2.75, 3.05) is 53.0 Å². The van der Waals surface area contributed by atoms with Gasteiger partial charge in [0, 0.05) is 26.7 Å². The summed E-state index contributed by atoms with van der Waals surface area (Å²) >= 11 is 0. The zero-order valence-electron chi connectivity index (χ0n) is 16.7. The fourth-order valence-corrected chi connectivity index (χ4v) is 3.20. The molecule has 0 aliphatic carbocycles. The van der Waals surface area contributed by atoms with E-state index in [2.05, 4.69) is 26.6 Å². The van der Waals surface area contributed by atoms with Gasteiger partial charge >= 0.3 is 0 Å². The molecule has 1 saturated heterocycles. The average molecular weight is 386 g/mol. The van der Waals surface area contributed by atoms with Crippen LogP contribution in [0.5, 0.6) is 5.75 Å². The molecule has 0 amide bonds. The van der Waals surface area contributed by atoms with Gasteiger partial charge in [-0.3, -0.25) is 9.89 Å². The summed E-state index contributed by atoms with van der Waals surface area (Å²) < 4.78 is 17.1. The number of furan rings is 1. The van der Waals surface area contributed by atoms with Crippen LogP contribution >= 0.6 is 0 Å². The number of guanidine groups is 1. The molecule has 1 atom stereocenters. The molecule has 0 bridgehead atoms. The number of morpholine rings is 1. The number of benzene rings is 1. The zero-order valence-corrected chi connectivity index (χ0v) is 16.7. The molecule has 2 N–H and O–H groups in total. The molecule has 2 aromatic rings. The van der Waals surface area contributed by atoms with Crippen molar-refractivity contribution in [3.8, 4) is 5.75 Å². The summed E-state index contributed by atoms with van der Waals surface area (Å²) in [5, 5.41) is 6.71. The maximum Gasteiger partial charge on any atom is 0.191 e. The average Bonchev–Trinajstić information content (AvgIpc) is 3.17. The first kappa shape index (κ1) is 20.2. The SMILES string of the molecule is CN=C(NCCOc1ccccc1)NCC(c1ccc(C)o1)N1CCOCC1. The second kappa shape index (κ2) is 10.7. The monoisotopic (exact) mass is 386 g/mol. The van der Waals surface area contributed by atoms with E-state index in [0.717, 1.165) is 49.5 Å². The molecular weight excluding hydrogens is 356 g/mol. The Hall–Kier alpha value is -2.51. The van der Waals surface area contributed by atoms with Crippen molar-refractivity contribution in [1.29, 1.82) is 0 Å². The summed E-state index contributed by atoms with van der Waals surface area (Å²) in [6.45, 7) is 7.18. The lowest BCUT2D eigenvalue weighted by atomic mass is 10.1. The van der Waals surface area contributed by atoms with Crippen molar-refractivity contribution in [3.05, 3.63) is 54.0 Å². The molecule has 7 nitrogen and oxygen atoms in total. The largest absolute Gasteiger partial charge is 0.492 e. The van der Waals surface area contributed by atoms with E-state index in [1.54, 1.807) is 7.05 Å². The first-order valence-corrected chi connectivity index (χ1v) is 9.77. The van der Waals surface area contributed by atoms with Gasteiger partial charge in [-0.25, -0.2) is 0 Å². The molecule has 0 spiro atoms. The smallest absolute Gasteiger partial charge is 0.191 e. The quantitative estimate of drug-likeness (QED) is 0.412. The van der Waals surface area contributed by atoms with Gasteiger partial charge < -0.3 is 24.5 Å². The highest BCUT2D eigenvalue weighted by Gasteiger charge is 2.25. The van der Waals surface area contributed by atoms with Crippen LogP contribution in [-0.4, -0.2) is 63.9 Å². The summed E-state index contributed by atoms with van der Waals surface area (Å²) in [6.07, 6.45) is 0. The van der Waals surface area contributed by atoms with Gasteiger partial charge in [0.2, 0.25) is 0 Å². The van der Waals surface area contributed by atoms with E-state index >= 15 is 0 Å². The maximum absolute atomic E-state index is 5.91. The molecule has 1 aliphatic rings. The Kier molecular flexibility index (Phi) is 7.75. The minimum absolute atomic E-state index is 0.136. The third kappa shape index (κ3) is 6.00. The van der Waals surface area contributed by atoms with Crippen LogP contribution in [-0.2, 0) is 4.74 Å². The van der Waals surface area contributed by atoms with Crippen LogP contribution in [0, 0.1) is 6.92 Å². The molecule has 0 saturated carbocycles. The van der Waals surface area contributed by atoms with Crippen molar-refractivity contribution >= 4 is 5.96 Å². The Bertz CT molecular complexity index is 726. The Morgan fingerprint density at radius 3 is 2.61 bits per heavy atom. The van der Waals surface area contributed by atoms with Crippen LogP contribution in [0.3, 0.4) is 0 Å². The lowest BCUT2D eigenvalue weighted by Crippen LogP contribution is -2.46. The van der Waals surface area contributed by atoms with Gasteiger partial charge in [0.05, 0.1) is 25.8 Å². The minimum Gasteiger partial charge on any atom is -0.492 e. The molecule has 0 radical (unpaired) electrons. The van der Waals surface area contributed by atoms with Gasteiger partial charge in [-0.15, -0.1) is 0 Å². The van der Waals surface area contributed by atoms with E-state index in [1.807, 2.05) is 43.3 Å². The topological polar surface area (TPSA) is 71.3 Å². The number of ether oxygens (including phenoxy) is 2. The lowest BCUT2D eigenvalue weighted by Gasteiger charge is -2.33. The third-order valence-electron chi connectivity index (χ3n) is 4.67. The van der Waals surface area contributed by atoms with Crippen molar-refractivity contribution < 1.29 is 13.9 Å².